The molecule has 0 bridgehead atoms. The minimum absolute atomic E-state index is 0.249. The van der Waals surface area contributed by atoms with Crippen LogP contribution in [0.1, 0.15) is 11.1 Å². The number of methoxy groups -OCH3 is 2. The molecule has 0 unspecified atom stereocenters. The first kappa shape index (κ1) is 18.4. The van der Waals surface area contributed by atoms with Gasteiger partial charge in [-0.3, -0.25) is 0 Å². The van der Waals surface area contributed by atoms with Gasteiger partial charge in [-0.25, -0.2) is 0 Å². The molecule has 2 aromatic rings. The lowest BCUT2D eigenvalue weighted by atomic mass is 10.1. The average Bonchev–Trinajstić information content (AvgIpc) is 2.66. The highest BCUT2D eigenvalue weighted by Gasteiger charge is 2.25. The zero-order valence-corrected chi connectivity index (χ0v) is 15.4. The van der Waals surface area contributed by atoms with Crippen LogP contribution in [0.2, 0.25) is 0 Å². The Labute approximate surface area is 154 Å². The predicted octanol–water partition coefficient (Wildman–Crippen LogP) is -0.401. The van der Waals surface area contributed by atoms with Crippen molar-refractivity contribution in [2.75, 3.05) is 40.4 Å². The van der Waals surface area contributed by atoms with Crippen LogP contribution in [0.15, 0.2) is 36.4 Å². The molecule has 0 aliphatic carbocycles. The largest absolute Gasteiger partial charge is 0.504 e. The fourth-order valence-corrected chi connectivity index (χ4v) is 3.60. The number of phenols is 2. The van der Waals surface area contributed by atoms with Gasteiger partial charge >= 0.3 is 0 Å². The Morgan fingerprint density at radius 3 is 1.46 bits per heavy atom. The normalized spacial score (nSPS) is 19.9. The van der Waals surface area contributed by atoms with E-state index in [4.69, 9.17) is 9.47 Å². The maximum atomic E-state index is 10.3. The van der Waals surface area contributed by atoms with E-state index in [1.165, 1.54) is 9.80 Å². The molecular weight excluding hydrogens is 332 g/mol. The van der Waals surface area contributed by atoms with Crippen LogP contribution in [0.25, 0.3) is 0 Å². The van der Waals surface area contributed by atoms with E-state index in [9.17, 15) is 10.2 Å². The molecule has 140 valence electrons. The van der Waals surface area contributed by atoms with Crippen molar-refractivity contribution in [3.63, 3.8) is 0 Å². The van der Waals surface area contributed by atoms with Crippen molar-refractivity contribution in [3.8, 4) is 23.0 Å². The third-order valence-electron chi connectivity index (χ3n) is 5.15. The van der Waals surface area contributed by atoms with Gasteiger partial charge in [-0.1, -0.05) is 12.1 Å². The molecular formula is C20H28N2O4+2. The summed E-state index contributed by atoms with van der Waals surface area (Å²) in [6.45, 7) is 5.68. The lowest BCUT2D eigenvalue weighted by Crippen LogP contribution is -3.27. The molecule has 0 atom stereocenters. The highest BCUT2D eigenvalue weighted by atomic mass is 16.5. The van der Waals surface area contributed by atoms with Crippen LogP contribution in [0.3, 0.4) is 0 Å². The van der Waals surface area contributed by atoms with E-state index in [0.717, 1.165) is 50.4 Å². The van der Waals surface area contributed by atoms with Crippen LogP contribution in [-0.2, 0) is 13.1 Å². The molecule has 4 N–H and O–H groups in total. The van der Waals surface area contributed by atoms with Crippen molar-refractivity contribution in [2.45, 2.75) is 13.1 Å². The topological polar surface area (TPSA) is 67.8 Å². The Morgan fingerprint density at radius 2 is 1.12 bits per heavy atom. The van der Waals surface area contributed by atoms with E-state index in [1.54, 1.807) is 26.4 Å². The SMILES string of the molecule is COc1cccc(C[NH+]2CC[NH+](Cc3cccc(OC)c3O)CC2)c1O. The third-order valence-corrected chi connectivity index (χ3v) is 5.15. The summed E-state index contributed by atoms with van der Waals surface area (Å²) in [6, 6.07) is 11.3. The molecule has 0 radical (unpaired) electrons. The van der Waals surface area contributed by atoms with Gasteiger partial charge in [0.2, 0.25) is 0 Å². The summed E-state index contributed by atoms with van der Waals surface area (Å²) < 4.78 is 10.4. The van der Waals surface area contributed by atoms with Crippen LogP contribution in [0.5, 0.6) is 23.0 Å². The summed E-state index contributed by atoms with van der Waals surface area (Å²) >= 11 is 0. The highest BCUT2D eigenvalue weighted by molar-refractivity contribution is 5.45. The molecule has 6 nitrogen and oxygen atoms in total. The highest BCUT2D eigenvalue weighted by Crippen LogP contribution is 2.29. The Morgan fingerprint density at radius 1 is 0.731 bits per heavy atom. The summed E-state index contributed by atoms with van der Waals surface area (Å²) in [4.78, 5) is 2.90. The van der Waals surface area contributed by atoms with Gasteiger partial charge in [0.1, 0.15) is 39.3 Å². The van der Waals surface area contributed by atoms with E-state index >= 15 is 0 Å². The molecule has 1 saturated heterocycles. The van der Waals surface area contributed by atoms with Gasteiger partial charge in [0, 0.05) is 0 Å². The van der Waals surface area contributed by atoms with Gasteiger partial charge < -0.3 is 29.5 Å². The summed E-state index contributed by atoms with van der Waals surface area (Å²) in [5.41, 5.74) is 1.85. The lowest BCUT2D eigenvalue weighted by Gasteiger charge is -2.30. The molecule has 6 heteroatoms. The van der Waals surface area contributed by atoms with Crippen molar-refractivity contribution in [3.05, 3.63) is 47.5 Å². The molecule has 0 saturated carbocycles. The smallest absolute Gasteiger partial charge is 0.166 e. The second-order valence-electron chi connectivity index (χ2n) is 6.79. The van der Waals surface area contributed by atoms with E-state index in [0.29, 0.717) is 11.5 Å². The number of ether oxygens (including phenoxy) is 2. The Kier molecular flexibility index (Phi) is 5.85. The maximum absolute atomic E-state index is 10.3. The number of hydrogen-bond acceptors (Lipinski definition) is 4. The van der Waals surface area contributed by atoms with Crippen LogP contribution >= 0.6 is 0 Å². The van der Waals surface area contributed by atoms with Crippen LogP contribution in [0, 0.1) is 0 Å². The van der Waals surface area contributed by atoms with E-state index in [2.05, 4.69) is 0 Å². The quantitative estimate of drug-likeness (QED) is 0.566. The summed E-state index contributed by atoms with van der Waals surface area (Å²) in [5, 5.41) is 20.5. The number of piperazine rings is 1. The van der Waals surface area contributed by atoms with Gasteiger partial charge in [0.05, 0.1) is 25.3 Å². The second-order valence-corrected chi connectivity index (χ2v) is 6.79. The lowest BCUT2D eigenvalue weighted by molar-refractivity contribution is -1.02. The first-order chi connectivity index (χ1) is 12.6. The average molecular weight is 360 g/mol. The molecule has 0 aromatic heterocycles. The van der Waals surface area contributed by atoms with Gasteiger partial charge in [-0.2, -0.15) is 0 Å². The fourth-order valence-electron chi connectivity index (χ4n) is 3.60. The van der Waals surface area contributed by atoms with Gasteiger partial charge in [0.15, 0.2) is 23.0 Å². The number of phenolic OH excluding ortho intramolecular Hbond substituents is 2. The maximum Gasteiger partial charge on any atom is 0.166 e. The van der Waals surface area contributed by atoms with Crippen molar-refractivity contribution < 1.29 is 29.5 Å². The number of rotatable bonds is 6. The molecule has 26 heavy (non-hydrogen) atoms. The van der Waals surface area contributed by atoms with Gasteiger partial charge in [-0.05, 0) is 24.3 Å². The Bertz CT molecular complexity index is 679. The molecule has 1 heterocycles. The molecule has 2 aromatic carbocycles. The van der Waals surface area contributed by atoms with Crippen molar-refractivity contribution in [2.24, 2.45) is 0 Å². The second kappa shape index (κ2) is 8.29. The predicted molar refractivity (Wildman–Crippen MR) is 98.1 cm³/mol. The third kappa shape index (κ3) is 4.03. The van der Waals surface area contributed by atoms with Gasteiger partial charge in [-0.15, -0.1) is 0 Å². The molecule has 1 aliphatic rings. The van der Waals surface area contributed by atoms with Gasteiger partial charge in [0.25, 0.3) is 0 Å². The Balaban J connectivity index is 1.57. The van der Waals surface area contributed by atoms with Crippen LogP contribution in [-0.4, -0.2) is 50.6 Å². The number of hydrogen-bond donors (Lipinski definition) is 4. The Hall–Kier alpha value is -2.44. The molecule has 1 fully saturated rings. The first-order valence-electron chi connectivity index (χ1n) is 8.99. The zero-order chi connectivity index (χ0) is 18.5. The van der Waals surface area contributed by atoms with Crippen molar-refractivity contribution >= 4 is 0 Å². The number of nitrogens with one attached hydrogen (secondary N) is 2. The summed E-state index contributed by atoms with van der Waals surface area (Å²) in [7, 11) is 3.14. The fraction of sp³-hybridized carbons (Fsp3) is 0.400. The number of quaternary nitrogens is 2. The number of para-hydroxylation sites is 2. The minimum atomic E-state index is 0.249. The number of aromatic hydroxyl groups is 2. The summed E-state index contributed by atoms with van der Waals surface area (Å²) in [5.74, 6) is 1.55. The van der Waals surface area contributed by atoms with E-state index < -0.39 is 0 Å². The molecule has 0 spiro atoms. The van der Waals surface area contributed by atoms with Crippen LogP contribution < -0.4 is 19.3 Å². The monoisotopic (exact) mass is 360 g/mol. The minimum Gasteiger partial charge on any atom is -0.504 e. The first-order valence-corrected chi connectivity index (χ1v) is 8.99. The van der Waals surface area contributed by atoms with Crippen LogP contribution in [0.4, 0.5) is 0 Å². The summed E-state index contributed by atoms with van der Waals surface area (Å²) in [6.07, 6.45) is 0. The molecule has 0 amide bonds. The molecule has 3 rings (SSSR count). The molecule has 1 aliphatic heterocycles. The van der Waals surface area contributed by atoms with E-state index in [-0.39, 0.29) is 11.5 Å². The zero-order valence-electron chi connectivity index (χ0n) is 15.4. The standard InChI is InChI=1S/C20H26N2O4/c1-25-17-7-3-5-15(19(17)23)13-21-9-11-22(12-10-21)14-16-6-4-8-18(26-2)20(16)24/h3-8,23-24H,9-14H2,1-2H3/p+2. The van der Waals surface area contributed by atoms with Crippen molar-refractivity contribution in [1.82, 2.24) is 0 Å². The number of benzene rings is 2. The van der Waals surface area contributed by atoms with Crippen molar-refractivity contribution in [1.29, 1.82) is 0 Å². The van der Waals surface area contributed by atoms with E-state index in [1.807, 2.05) is 24.3 Å².